The van der Waals surface area contributed by atoms with Crippen molar-refractivity contribution in [3.63, 3.8) is 0 Å². The molecule has 12 atom stereocenters. The maximum atomic E-state index is 2.85. The van der Waals surface area contributed by atoms with Crippen LogP contribution in [0.1, 0.15) is 130 Å². The SMILES string of the molecule is CC1CC2CC[C]1([Cr]([C]13CCC(CC1C)C3)([C]13CCC(CC1C)C3)[C]13CCC(CC1C)C3)C2. The molecule has 0 nitrogen and oxygen atoms in total. The van der Waals surface area contributed by atoms with Crippen LogP contribution in [-0.2, 0) is 13.1 Å². The van der Waals surface area contributed by atoms with E-state index in [-0.39, 0.29) is 0 Å². The molecule has 8 bridgehead atoms. The summed E-state index contributed by atoms with van der Waals surface area (Å²) < 4.78 is 3.37. The first-order chi connectivity index (χ1) is 15.8. The van der Waals surface area contributed by atoms with Gasteiger partial charge in [-0.05, 0) is 0 Å². The molecule has 12 unspecified atom stereocenters. The average molecular weight is 489 g/mol. The van der Waals surface area contributed by atoms with Gasteiger partial charge in [-0.25, -0.2) is 0 Å². The molecule has 8 fully saturated rings. The zero-order valence-electron chi connectivity index (χ0n) is 22.3. The van der Waals surface area contributed by atoms with Gasteiger partial charge < -0.3 is 0 Å². The fourth-order valence-corrected chi connectivity index (χ4v) is 32.4. The van der Waals surface area contributed by atoms with Crippen molar-refractivity contribution in [2.75, 3.05) is 0 Å². The molecular weight excluding hydrogens is 436 g/mol. The van der Waals surface area contributed by atoms with Gasteiger partial charge in [-0.2, -0.15) is 0 Å². The molecule has 0 aromatic heterocycles. The Morgan fingerprint density at radius 1 is 0.424 bits per heavy atom. The van der Waals surface area contributed by atoms with E-state index in [9.17, 15) is 0 Å². The third kappa shape index (κ3) is 2.09. The van der Waals surface area contributed by atoms with E-state index in [1.807, 2.05) is 0 Å². The molecule has 186 valence electrons. The quantitative estimate of drug-likeness (QED) is 0.369. The minimum atomic E-state index is -2.05. The summed E-state index contributed by atoms with van der Waals surface area (Å²) in [6.45, 7) is 11.4. The Balaban J connectivity index is 1.50. The molecule has 8 aliphatic rings. The van der Waals surface area contributed by atoms with E-state index in [2.05, 4.69) is 27.7 Å². The van der Waals surface area contributed by atoms with E-state index >= 15 is 0 Å². The van der Waals surface area contributed by atoms with E-state index in [0.29, 0.717) is 0 Å². The van der Waals surface area contributed by atoms with Crippen LogP contribution in [-0.4, -0.2) is 0 Å². The van der Waals surface area contributed by atoms with Gasteiger partial charge in [-0.15, -0.1) is 0 Å². The molecule has 0 aromatic rings. The van der Waals surface area contributed by atoms with Crippen LogP contribution >= 0.6 is 0 Å². The molecule has 8 aliphatic carbocycles. The number of hydrogen-bond donors (Lipinski definition) is 0. The van der Waals surface area contributed by atoms with Crippen LogP contribution in [0.25, 0.3) is 0 Å². The van der Waals surface area contributed by atoms with E-state index in [1.165, 1.54) is 0 Å². The second kappa shape index (κ2) is 6.50. The molecule has 0 aromatic carbocycles. The summed E-state index contributed by atoms with van der Waals surface area (Å²) in [5.74, 6) is 8.77. The normalized spacial score (nSPS) is 65.3. The summed E-state index contributed by atoms with van der Waals surface area (Å²) >= 11 is -2.05. The van der Waals surface area contributed by atoms with Crippen LogP contribution in [0.3, 0.4) is 0 Å². The zero-order valence-corrected chi connectivity index (χ0v) is 23.6. The van der Waals surface area contributed by atoms with E-state index in [4.69, 9.17) is 0 Å². The van der Waals surface area contributed by atoms with E-state index < -0.39 is 13.1 Å². The first-order valence-electron chi connectivity index (χ1n) is 15.6. The van der Waals surface area contributed by atoms with Crippen molar-refractivity contribution in [1.82, 2.24) is 0 Å². The van der Waals surface area contributed by atoms with Gasteiger partial charge in [0.25, 0.3) is 0 Å². The van der Waals surface area contributed by atoms with Crippen LogP contribution in [0, 0.1) is 47.3 Å². The summed E-state index contributed by atoms with van der Waals surface area (Å²) in [6.07, 6.45) is 26.8. The second-order valence-corrected chi connectivity index (χ2v) is 22.8. The second-order valence-electron chi connectivity index (χ2n) is 15.9. The summed E-state index contributed by atoms with van der Waals surface area (Å²) in [7, 11) is 0. The standard InChI is InChI=1S/4C8H13.Cr/c4*1-6-4-7-2-3-8(6)5-7;/h4*6-7H,2-5H2,1H3;. The fraction of sp³-hybridized carbons (Fsp3) is 1.00. The number of fused-ring (bicyclic) bond motifs is 8. The first kappa shape index (κ1) is 21.6. The van der Waals surface area contributed by atoms with E-state index in [0.717, 1.165) is 64.5 Å². The monoisotopic (exact) mass is 488 g/mol. The van der Waals surface area contributed by atoms with Crippen molar-refractivity contribution in [3.05, 3.63) is 0 Å². The molecule has 0 N–H and O–H groups in total. The summed E-state index contributed by atoms with van der Waals surface area (Å²) in [5.41, 5.74) is 0. The molecule has 8 rings (SSSR count). The molecule has 8 saturated carbocycles. The van der Waals surface area contributed by atoms with Crippen molar-refractivity contribution < 1.29 is 13.1 Å². The van der Waals surface area contributed by atoms with Crippen LogP contribution < -0.4 is 0 Å². The molecule has 33 heavy (non-hydrogen) atoms. The Morgan fingerprint density at radius 3 is 0.818 bits per heavy atom. The van der Waals surface area contributed by atoms with Gasteiger partial charge in [-0.1, -0.05) is 0 Å². The van der Waals surface area contributed by atoms with Gasteiger partial charge in [-0.3, -0.25) is 0 Å². The Labute approximate surface area is 207 Å². The Kier molecular flexibility index (Phi) is 4.26. The number of rotatable bonds is 4. The summed E-state index contributed by atoms with van der Waals surface area (Å²) in [4.78, 5) is 0. The van der Waals surface area contributed by atoms with Gasteiger partial charge >= 0.3 is 208 Å². The van der Waals surface area contributed by atoms with Crippen molar-refractivity contribution in [2.24, 2.45) is 47.3 Å². The molecule has 0 heterocycles. The predicted octanol–water partition coefficient (Wildman–Crippen LogP) is 10.1. The topological polar surface area (TPSA) is 0 Å². The van der Waals surface area contributed by atoms with E-state index in [1.54, 1.807) is 103 Å². The Bertz CT molecular complexity index is 721. The van der Waals surface area contributed by atoms with Crippen molar-refractivity contribution in [3.8, 4) is 0 Å². The predicted molar refractivity (Wildman–Crippen MR) is 135 cm³/mol. The van der Waals surface area contributed by atoms with Gasteiger partial charge in [0.1, 0.15) is 0 Å². The summed E-state index contributed by atoms with van der Waals surface area (Å²) in [6, 6.07) is 0. The third-order valence-electron chi connectivity index (χ3n) is 15.2. The molecule has 0 aliphatic heterocycles. The maximum absolute atomic E-state index is 2.85. The van der Waals surface area contributed by atoms with Gasteiger partial charge in [0.05, 0.1) is 0 Å². The van der Waals surface area contributed by atoms with Crippen LogP contribution in [0.5, 0.6) is 0 Å². The van der Waals surface area contributed by atoms with Crippen molar-refractivity contribution >= 4 is 0 Å². The number of hydrogen-bond acceptors (Lipinski definition) is 0. The zero-order chi connectivity index (χ0) is 22.4. The molecule has 0 radical (unpaired) electrons. The first-order valence-corrected chi connectivity index (χ1v) is 18.2. The van der Waals surface area contributed by atoms with Crippen molar-refractivity contribution in [2.45, 2.75) is 148 Å². The van der Waals surface area contributed by atoms with Gasteiger partial charge in [0.2, 0.25) is 0 Å². The van der Waals surface area contributed by atoms with Crippen LogP contribution in [0.4, 0.5) is 0 Å². The van der Waals surface area contributed by atoms with Gasteiger partial charge in [0, 0.05) is 0 Å². The third-order valence-corrected chi connectivity index (χ3v) is 27.7. The average Bonchev–Trinajstić information content (AvgIpc) is 3.61. The van der Waals surface area contributed by atoms with Gasteiger partial charge in [0.15, 0.2) is 0 Å². The molecule has 0 saturated heterocycles. The van der Waals surface area contributed by atoms with Crippen molar-refractivity contribution in [1.29, 1.82) is 0 Å². The Hall–Kier alpha value is 0.532. The van der Waals surface area contributed by atoms with Crippen LogP contribution in [0.15, 0.2) is 0 Å². The molecule has 0 spiro atoms. The molecule has 1 heteroatoms. The molecule has 0 amide bonds. The fourth-order valence-electron chi connectivity index (χ4n) is 14.8. The summed E-state index contributed by atoms with van der Waals surface area (Å²) in [5, 5.41) is 0. The minimum absolute atomic E-state index is 0.843. The molecular formula is C32H52Cr. The van der Waals surface area contributed by atoms with Crippen LogP contribution in [0.2, 0.25) is 17.1 Å². The Morgan fingerprint density at radius 2 is 0.667 bits per heavy atom.